The Balaban J connectivity index is 0.00000144. The first-order valence-corrected chi connectivity index (χ1v) is 5.81. The fraction of sp³-hybridized carbons (Fsp3) is 0.462. The predicted molar refractivity (Wildman–Crippen MR) is 62.5 cm³/mol. The second-order valence-corrected chi connectivity index (χ2v) is 4.36. The molecule has 1 aromatic carbocycles. The minimum atomic E-state index is -0.865. The monoisotopic (exact) mass is 254 g/mol. The van der Waals surface area contributed by atoms with E-state index in [1.165, 1.54) is 25.7 Å². The standard InChI is InChI=1S/C13H17NO2.ClH/c15-13(16)11-7-5-10(6-8-11)9-14-12-3-1-2-4-12;/h5-8,12,14H,1-4,9H2,(H,15,16);1H/p-1. The van der Waals surface area contributed by atoms with Gasteiger partial charge in [0, 0.05) is 12.6 Å². The topological polar surface area (TPSA) is 49.3 Å². The maximum Gasteiger partial charge on any atom is 0.335 e. The highest BCUT2D eigenvalue weighted by atomic mass is 35.5. The molecule has 1 saturated carbocycles. The van der Waals surface area contributed by atoms with Gasteiger partial charge in [-0.25, -0.2) is 4.79 Å². The van der Waals surface area contributed by atoms with Crippen molar-refractivity contribution in [1.29, 1.82) is 0 Å². The second-order valence-electron chi connectivity index (χ2n) is 4.36. The van der Waals surface area contributed by atoms with Crippen LogP contribution in [0, 0.1) is 0 Å². The van der Waals surface area contributed by atoms with E-state index in [9.17, 15) is 4.79 Å². The molecule has 0 radical (unpaired) electrons. The van der Waals surface area contributed by atoms with Gasteiger partial charge in [0.2, 0.25) is 0 Å². The minimum absolute atomic E-state index is 0. The quantitative estimate of drug-likeness (QED) is 0.756. The molecule has 94 valence electrons. The highest BCUT2D eigenvalue weighted by Gasteiger charge is 2.13. The number of halogens is 1. The van der Waals surface area contributed by atoms with Crippen molar-refractivity contribution in [2.24, 2.45) is 0 Å². The second kappa shape index (κ2) is 6.62. The average Bonchev–Trinajstić information content (AvgIpc) is 2.80. The van der Waals surface area contributed by atoms with Crippen LogP contribution in [0.4, 0.5) is 0 Å². The van der Waals surface area contributed by atoms with Gasteiger partial charge in [-0.05, 0) is 30.5 Å². The van der Waals surface area contributed by atoms with Crippen LogP contribution < -0.4 is 17.7 Å². The Bertz CT molecular complexity index is 358. The lowest BCUT2D eigenvalue weighted by Gasteiger charge is -2.11. The van der Waals surface area contributed by atoms with Crippen molar-refractivity contribution in [3.05, 3.63) is 35.4 Å². The van der Waals surface area contributed by atoms with Gasteiger partial charge in [0.05, 0.1) is 5.56 Å². The van der Waals surface area contributed by atoms with E-state index >= 15 is 0 Å². The molecular formula is C13H17ClNO2-. The van der Waals surface area contributed by atoms with E-state index in [4.69, 9.17) is 5.11 Å². The lowest BCUT2D eigenvalue weighted by molar-refractivity contribution is -0.0000189. The van der Waals surface area contributed by atoms with Crippen LogP contribution in [-0.4, -0.2) is 17.1 Å². The van der Waals surface area contributed by atoms with E-state index in [-0.39, 0.29) is 12.4 Å². The van der Waals surface area contributed by atoms with Gasteiger partial charge in [0.15, 0.2) is 0 Å². The van der Waals surface area contributed by atoms with Gasteiger partial charge in [-0.2, -0.15) is 0 Å². The molecule has 1 aromatic rings. The number of carbonyl (C=O) groups is 1. The van der Waals surface area contributed by atoms with Crippen LogP contribution in [0.3, 0.4) is 0 Å². The van der Waals surface area contributed by atoms with E-state index in [0.29, 0.717) is 11.6 Å². The van der Waals surface area contributed by atoms with Crippen LogP contribution >= 0.6 is 0 Å². The minimum Gasteiger partial charge on any atom is -1.00 e. The smallest absolute Gasteiger partial charge is 0.335 e. The molecule has 0 spiro atoms. The summed E-state index contributed by atoms with van der Waals surface area (Å²) in [6.45, 7) is 0.838. The number of benzene rings is 1. The molecule has 1 aliphatic carbocycles. The van der Waals surface area contributed by atoms with Crippen molar-refractivity contribution < 1.29 is 22.3 Å². The Hall–Kier alpha value is -1.06. The fourth-order valence-electron chi connectivity index (χ4n) is 2.16. The maximum atomic E-state index is 10.7. The highest BCUT2D eigenvalue weighted by molar-refractivity contribution is 5.87. The summed E-state index contributed by atoms with van der Waals surface area (Å²) in [5.74, 6) is -0.865. The van der Waals surface area contributed by atoms with Crippen molar-refractivity contribution in [2.75, 3.05) is 0 Å². The molecule has 0 amide bonds. The van der Waals surface area contributed by atoms with E-state index in [0.717, 1.165) is 12.1 Å². The lowest BCUT2D eigenvalue weighted by atomic mass is 10.1. The first kappa shape index (κ1) is 14.0. The third-order valence-corrected chi connectivity index (χ3v) is 3.15. The molecular weight excluding hydrogens is 238 g/mol. The zero-order chi connectivity index (χ0) is 11.4. The summed E-state index contributed by atoms with van der Waals surface area (Å²) in [6.07, 6.45) is 5.20. The van der Waals surface area contributed by atoms with Crippen LogP contribution in [0.2, 0.25) is 0 Å². The Morgan fingerprint density at radius 3 is 2.35 bits per heavy atom. The summed E-state index contributed by atoms with van der Waals surface area (Å²) in [5, 5.41) is 12.3. The molecule has 0 saturated heterocycles. The zero-order valence-corrected chi connectivity index (χ0v) is 10.4. The van der Waals surface area contributed by atoms with Gasteiger partial charge in [0.25, 0.3) is 0 Å². The summed E-state index contributed by atoms with van der Waals surface area (Å²) < 4.78 is 0. The molecule has 0 aliphatic heterocycles. The van der Waals surface area contributed by atoms with Gasteiger partial charge in [-0.15, -0.1) is 0 Å². The molecule has 0 heterocycles. The first-order valence-electron chi connectivity index (χ1n) is 5.81. The molecule has 4 heteroatoms. The van der Waals surface area contributed by atoms with Crippen LogP contribution in [0.5, 0.6) is 0 Å². The third kappa shape index (κ3) is 4.02. The van der Waals surface area contributed by atoms with E-state index < -0.39 is 5.97 Å². The SMILES string of the molecule is O=C(O)c1ccc(CNC2CCCC2)cc1.[Cl-]. The number of carboxylic acids is 1. The molecule has 0 aromatic heterocycles. The number of rotatable bonds is 4. The van der Waals surface area contributed by atoms with Crippen molar-refractivity contribution in [3.8, 4) is 0 Å². The number of hydrogen-bond donors (Lipinski definition) is 2. The Labute approximate surface area is 108 Å². The number of aromatic carboxylic acids is 1. The van der Waals surface area contributed by atoms with E-state index in [2.05, 4.69) is 5.32 Å². The summed E-state index contributed by atoms with van der Waals surface area (Å²) >= 11 is 0. The van der Waals surface area contributed by atoms with Crippen molar-refractivity contribution in [1.82, 2.24) is 5.32 Å². The summed E-state index contributed by atoms with van der Waals surface area (Å²) in [5.41, 5.74) is 1.50. The van der Waals surface area contributed by atoms with E-state index in [1.54, 1.807) is 12.1 Å². The van der Waals surface area contributed by atoms with Crippen LogP contribution in [0.15, 0.2) is 24.3 Å². The normalized spacial score (nSPS) is 15.5. The molecule has 2 N–H and O–H groups in total. The van der Waals surface area contributed by atoms with Gasteiger partial charge in [0.1, 0.15) is 0 Å². The Morgan fingerprint density at radius 1 is 1.24 bits per heavy atom. The average molecular weight is 255 g/mol. The van der Waals surface area contributed by atoms with Gasteiger partial charge >= 0.3 is 5.97 Å². The highest BCUT2D eigenvalue weighted by Crippen LogP contribution is 2.18. The van der Waals surface area contributed by atoms with Crippen LogP contribution in [0.1, 0.15) is 41.6 Å². The Kier molecular flexibility index (Phi) is 5.45. The van der Waals surface area contributed by atoms with Crippen molar-refractivity contribution in [3.63, 3.8) is 0 Å². The number of nitrogens with one attached hydrogen (secondary N) is 1. The molecule has 3 nitrogen and oxygen atoms in total. The van der Waals surface area contributed by atoms with Gasteiger partial charge in [-0.3, -0.25) is 0 Å². The van der Waals surface area contributed by atoms with E-state index in [1.807, 2.05) is 12.1 Å². The molecule has 0 atom stereocenters. The zero-order valence-electron chi connectivity index (χ0n) is 9.66. The molecule has 2 rings (SSSR count). The first-order chi connectivity index (χ1) is 7.75. The molecule has 17 heavy (non-hydrogen) atoms. The molecule has 1 aliphatic rings. The predicted octanol–water partition coefficient (Wildman–Crippen LogP) is -0.579. The summed E-state index contributed by atoms with van der Waals surface area (Å²) in [7, 11) is 0. The molecule has 1 fully saturated rings. The van der Waals surface area contributed by atoms with Crippen molar-refractivity contribution >= 4 is 5.97 Å². The van der Waals surface area contributed by atoms with Crippen LogP contribution in [-0.2, 0) is 6.54 Å². The number of hydrogen-bond acceptors (Lipinski definition) is 2. The third-order valence-electron chi connectivity index (χ3n) is 3.15. The van der Waals surface area contributed by atoms with Gasteiger partial charge < -0.3 is 22.8 Å². The van der Waals surface area contributed by atoms with Crippen LogP contribution in [0.25, 0.3) is 0 Å². The Morgan fingerprint density at radius 2 is 1.82 bits per heavy atom. The largest absolute Gasteiger partial charge is 1.00 e. The molecule has 0 unspecified atom stereocenters. The fourth-order valence-corrected chi connectivity index (χ4v) is 2.16. The van der Waals surface area contributed by atoms with Crippen molar-refractivity contribution in [2.45, 2.75) is 38.3 Å². The summed E-state index contributed by atoms with van der Waals surface area (Å²) in [4.78, 5) is 10.7. The van der Waals surface area contributed by atoms with Gasteiger partial charge in [-0.1, -0.05) is 25.0 Å². The summed E-state index contributed by atoms with van der Waals surface area (Å²) in [6, 6.07) is 7.73. The number of carboxylic acid groups (broad SMARTS) is 1. The lowest BCUT2D eigenvalue weighted by Crippen LogP contribution is -3.00. The maximum absolute atomic E-state index is 10.7. The molecule has 0 bridgehead atoms.